The smallest absolute Gasteiger partial charge is 0.168 e. The number of hydrogen-bond acceptors (Lipinski definition) is 2. The van der Waals surface area contributed by atoms with Gasteiger partial charge in [0.2, 0.25) is 0 Å². The van der Waals surface area contributed by atoms with Crippen LogP contribution >= 0.6 is 12.2 Å². The first kappa shape index (κ1) is 8.74. The molecule has 0 bridgehead atoms. The molecule has 0 aliphatic carbocycles. The first-order valence-corrected chi connectivity index (χ1v) is 4.31. The highest BCUT2D eigenvalue weighted by atomic mass is 32.1. The summed E-state index contributed by atoms with van der Waals surface area (Å²) in [4.78, 5) is 0. The van der Waals surface area contributed by atoms with Crippen LogP contribution in [0.3, 0.4) is 0 Å². The first-order chi connectivity index (χ1) is 5.24. The van der Waals surface area contributed by atoms with Gasteiger partial charge in [-0.3, -0.25) is 0 Å². The summed E-state index contributed by atoms with van der Waals surface area (Å²) in [6, 6.07) is 0. The number of thiocarbonyl (C=S) groups is 1. The van der Waals surface area contributed by atoms with Gasteiger partial charge in [-0.05, 0) is 19.1 Å². The standard InChI is InChI=1S/C7H14N2OS/c1-3-10-6-5(2)4-8-7(11)9-6/h5-6H,3-4H2,1-2H3,(H2,8,9,11). The van der Waals surface area contributed by atoms with Crippen LogP contribution in [-0.4, -0.2) is 24.5 Å². The van der Waals surface area contributed by atoms with Crippen LogP contribution < -0.4 is 10.6 Å². The van der Waals surface area contributed by atoms with Crippen LogP contribution in [0, 0.1) is 5.92 Å². The number of nitrogens with one attached hydrogen (secondary N) is 2. The average molecular weight is 174 g/mol. The quantitative estimate of drug-likeness (QED) is 0.596. The third-order valence-electron chi connectivity index (χ3n) is 1.72. The van der Waals surface area contributed by atoms with Gasteiger partial charge in [-0.2, -0.15) is 0 Å². The molecule has 0 saturated carbocycles. The van der Waals surface area contributed by atoms with Gasteiger partial charge >= 0.3 is 0 Å². The second-order valence-corrected chi connectivity index (χ2v) is 3.12. The van der Waals surface area contributed by atoms with E-state index in [0.717, 1.165) is 13.2 Å². The van der Waals surface area contributed by atoms with E-state index in [1.165, 1.54) is 0 Å². The van der Waals surface area contributed by atoms with Crippen molar-refractivity contribution in [3.63, 3.8) is 0 Å². The van der Waals surface area contributed by atoms with Gasteiger partial charge in [-0.15, -0.1) is 0 Å². The van der Waals surface area contributed by atoms with E-state index >= 15 is 0 Å². The van der Waals surface area contributed by atoms with E-state index in [1.807, 2.05) is 6.92 Å². The molecular weight excluding hydrogens is 160 g/mol. The molecule has 1 saturated heterocycles. The van der Waals surface area contributed by atoms with Gasteiger partial charge in [0.1, 0.15) is 6.23 Å². The molecule has 0 spiro atoms. The third kappa shape index (κ3) is 2.31. The molecule has 0 aromatic heterocycles. The highest BCUT2D eigenvalue weighted by molar-refractivity contribution is 7.80. The summed E-state index contributed by atoms with van der Waals surface area (Å²) in [5.41, 5.74) is 0. The van der Waals surface area contributed by atoms with Gasteiger partial charge in [0.15, 0.2) is 5.11 Å². The number of rotatable bonds is 2. The van der Waals surface area contributed by atoms with Crippen LogP contribution in [0.15, 0.2) is 0 Å². The van der Waals surface area contributed by atoms with Gasteiger partial charge in [0.25, 0.3) is 0 Å². The summed E-state index contributed by atoms with van der Waals surface area (Å²) in [6.45, 7) is 5.74. The minimum Gasteiger partial charge on any atom is -0.362 e. The molecule has 0 aromatic carbocycles. The van der Waals surface area contributed by atoms with Gasteiger partial charge < -0.3 is 15.4 Å². The third-order valence-corrected chi connectivity index (χ3v) is 1.98. The molecule has 1 rings (SSSR count). The minimum absolute atomic E-state index is 0.0914. The Balaban J connectivity index is 2.40. The zero-order valence-electron chi connectivity index (χ0n) is 6.89. The molecule has 1 heterocycles. The van der Waals surface area contributed by atoms with Crippen molar-refractivity contribution in [2.24, 2.45) is 5.92 Å². The van der Waals surface area contributed by atoms with Gasteiger partial charge in [0.05, 0.1) is 0 Å². The molecule has 64 valence electrons. The minimum atomic E-state index is 0.0914. The second kappa shape index (κ2) is 3.88. The maximum absolute atomic E-state index is 5.43. The van der Waals surface area contributed by atoms with Crippen molar-refractivity contribution < 1.29 is 4.74 Å². The normalized spacial score (nSPS) is 30.9. The van der Waals surface area contributed by atoms with Crippen LogP contribution in [0.1, 0.15) is 13.8 Å². The fourth-order valence-electron chi connectivity index (χ4n) is 1.07. The number of hydrogen-bond donors (Lipinski definition) is 2. The Bertz CT molecular complexity index is 151. The van der Waals surface area contributed by atoms with E-state index in [1.54, 1.807) is 0 Å². The lowest BCUT2D eigenvalue weighted by Crippen LogP contribution is -2.54. The van der Waals surface area contributed by atoms with Crippen molar-refractivity contribution in [3.05, 3.63) is 0 Å². The Kier molecular flexibility index (Phi) is 3.08. The van der Waals surface area contributed by atoms with Crippen LogP contribution in [-0.2, 0) is 4.74 Å². The molecule has 2 unspecified atom stereocenters. The molecule has 11 heavy (non-hydrogen) atoms. The molecule has 4 heteroatoms. The SMILES string of the molecule is CCOC1NC(=S)NCC1C. The van der Waals surface area contributed by atoms with Crippen molar-refractivity contribution in [1.82, 2.24) is 10.6 Å². The van der Waals surface area contributed by atoms with Crippen LogP contribution in [0.25, 0.3) is 0 Å². The van der Waals surface area contributed by atoms with E-state index in [-0.39, 0.29) is 6.23 Å². The molecule has 1 fully saturated rings. The first-order valence-electron chi connectivity index (χ1n) is 3.90. The summed E-state index contributed by atoms with van der Waals surface area (Å²) in [5.74, 6) is 0.474. The lowest BCUT2D eigenvalue weighted by Gasteiger charge is -2.31. The monoisotopic (exact) mass is 174 g/mol. The zero-order chi connectivity index (χ0) is 8.27. The summed E-state index contributed by atoms with van der Waals surface area (Å²) in [6.07, 6.45) is 0.0914. The average Bonchev–Trinajstić information content (AvgIpc) is 1.98. The van der Waals surface area contributed by atoms with Crippen LogP contribution in [0.4, 0.5) is 0 Å². The summed E-state index contributed by atoms with van der Waals surface area (Å²) >= 11 is 4.95. The lowest BCUT2D eigenvalue weighted by atomic mass is 10.1. The van der Waals surface area contributed by atoms with Crippen molar-refractivity contribution in [1.29, 1.82) is 0 Å². The van der Waals surface area contributed by atoms with Gasteiger partial charge in [0, 0.05) is 19.1 Å². The highest BCUT2D eigenvalue weighted by Gasteiger charge is 2.22. The molecule has 3 nitrogen and oxygen atoms in total. The Morgan fingerprint density at radius 1 is 1.73 bits per heavy atom. The molecule has 1 aliphatic heterocycles. The molecule has 2 N–H and O–H groups in total. The van der Waals surface area contributed by atoms with Crippen molar-refractivity contribution >= 4 is 17.3 Å². The maximum atomic E-state index is 5.43. The Hall–Kier alpha value is -0.350. The Labute approximate surface area is 72.5 Å². The summed E-state index contributed by atoms with van der Waals surface area (Å²) < 4.78 is 5.43. The van der Waals surface area contributed by atoms with Crippen molar-refractivity contribution in [2.75, 3.05) is 13.2 Å². The van der Waals surface area contributed by atoms with Gasteiger partial charge in [-0.25, -0.2) is 0 Å². The predicted molar refractivity (Wildman–Crippen MR) is 48.3 cm³/mol. The molecular formula is C7H14N2OS. The second-order valence-electron chi connectivity index (χ2n) is 2.71. The van der Waals surface area contributed by atoms with Crippen molar-refractivity contribution in [2.45, 2.75) is 20.1 Å². The topological polar surface area (TPSA) is 33.3 Å². The van der Waals surface area contributed by atoms with Gasteiger partial charge in [-0.1, -0.05) is 6.92 Å². The molecule has 0 amide bonds. The molecule has 2 atom stereocenters. The van der Waals surface area contributed by atoms with Crippen LogP contribution in [0.2, 0.25) is 0 Å². The Morgan fingerprint density at radius 2 is 2.45 bits per heavy atom. The summed E-state index contributed by atoms with van der Waals surface area (Å²) in [5, 5.41) is 6.82. The van der Waals surface area contributed by atoms with E-state index in [0.29, 0.717) is 11.0 Å². The van der Waals surface area contributed by atoms with Crippen molar-refractivity contribution in [3.8, 4) is 0 Å². The molecule has 1 aliphatic rings. The number of ether oxygens (including phenoxy) is 1. The fraction of sp³-hybridized carbons (Fsp3) is 0.857. The summed E-state index contributed by atoms with van der Waals surface area (Å²) in [7, 11) is 0. The van der Waals surface area contributed by atoms with Crippen LogP contribution in [0.5, 0.6) is 0 Å². The predicted octanol–water partition coefficient (Wildman–Crippen LogP) is 0.463. The van der Waals surface area contributed by atoms with E-state index < -0.39 is 0 Å². The molecule has 0 radical (unpaired) electrons. The highest BCUT2D eigenvalue weighted by Crippen LogP contribution is 2.06. The largest absolute Gasteiger partial charge is 0.362 e. The molecule has 0 aromatic rings. The van der Waals surface area contributed by atoms with E-state index in [9.17, 15) is 0 Å². The Morgan fingerprint density at radius 3 is 3.09 bits per heavy atom. The fourth-order valence-corrected chi connectivity index (χ4v) is 1.27. The maximum Gasteiger partial charge on any atom is 0.168 e. The zero-order valence-corrected chi connectivity index (χ0v) is 7.70. The van der Waals surface area contributed by atoms with E-state index in [4.69, 9.17) is 17.0 Å². The van der Waals surface area contributed by atoms with E-state index in [2.05, 4.69) is 17.6 Å². The lowest BCUT2D eigenvalue weighted by molar-refractivity contribution is 0.00980.